The molecule has 1 aromatic heterocycles. The number of hydrogen-bond donors (Lipinski definition) is 1. The van der Waals surface area contributed by atoms with Gasteiger partial charge in [0.1, 0.15) is 4.60 Å². The minimum Gasteiger partial charge on any atom is -0.454 e. The third kappa shape index (κ3) is 2.28. The van der Waals surface area contributed by atoms with Crippen LogP contribution in [0.3, 0.4) is 0 Å². The zero-order valence-electron chi connectivity index (χ0n) is 10.5. The first kappa shape index (κ1) is 12.3. The molecule has 2 N–H and O–H groups in total. The first-order chi connectivity index (χ1) is 9.15. The van der Waals surface area contributed by atoms with Crippen LogP contribution < -0.4 is 15.2 Å². The fraction of sp³-hybridized carbons (Fsp3) is 0.308. The molecule has 3 rings (SSSR count). The van der Waals surface area contributed by atoms with E-state index in [1.807, 2.05) is 29.8 Å². The molecular weight excluding hydrogens is 310 g/mol. The normalized spacial score (nSPS) is 12.9. The fourth-order valence-corrected chi connectivity index (χ4v) is 2.54. The summed E-state index contributed by atoms with van der Waals surface area (Å²) in [7, 11) is 1.89. The summed E-state index contributed by atoms with van der Waals surface area (Å²) in [6.07, 6.45) is 1.71. The highest BCUT2D eigenvalue weighted by Crippen LogP contribution is 2.33. The third-order valence-corrected chi connectivity index (χ3v) is 4.20. The Balaban J connectivity index is 1.74. The summed E-state index contributed by atoms with van der Waals surface area (Å²) >= 11 is 3.50. The second kappa shape index (κ2) is 4.77. The average Bonchev–Trinajstić information content (AvgIpc) is 2.96. The van der Waals surface area contributed by atoms with Crippen LogP contribution >= 0.6 is 15.9 Å². The van der Waals surface area contributed by atoms with Crippen molar-refractivity contribution in [2.24, 2.45) is 7.05 Å². The van der Waals surface area contributed by atoms with Crippen molar-refractivity contribution in [1.29, 1.82) is 0 Å². The molecule has 1 aliphatic rings. The van der Waals surface area contributed by atoms with E-state index in [1.165, 1.54) is 5.56 Å². The predicted molar refractivity (Wildman–Crippen MR) is 75.3 cm³/mol. The molecule has 0 fully saturated rings. The second-order valence-electron chi connectivity index (χ2n) is 4.45. The molecule has 2 heterocycles. The molecule has 0 saturated heterocycles. The van der Waals surface area contributed by atoms with E-state index >= 15 is 0 Å². The summed E-state index contributed by atoms with van der Waals surface area (Å²) in [6, 6.07) is 6.01. The highest BCUT2D eigenvalue weighted by Gasteiger charge is 2.14. The van der Waals surface area contributed by atoms with Crippen LogP contribution in [0.2, 0.25) is 0 Å². The molecule has 1 aliphatic heterocycles. The number of imidazole rings is 1. The van der Waals surface area contributed by atoms with Crippen molar-refractivity contribution in [3.8, 4) is 11.5 Å². The van der Waals surface area contributed by atoms with E-state index < -0.39 is 0 Å². The van der Waals surface area contributed by atoms with E-state index in [0.29, 0.717) is 12.7 Å². The molecule has 0 bridgehead atoms. The Labute approximate surface area is 119 Å². The summed E-state index contributed by atoms with van der Waals surface area (Å²) in [5.74, 6) is 2.15. The van der Waals surface area contributed by atoms with E-state index in [0.717, 1.165) is 34.6 Å². The molecule has 5 nitrogen and oxygen atoms in total. The van der Waals surface area contributed by atoms with Crippen LogP contribution in [0.4, 0.5) is 5.95 Å². The van der Waals surface area contributed by atoms with Crippen molar-refractivity contribution < 1.29 is 9.47 Å². The number of nitrogens with zero attached hydrogens (tertiary/aromatic N) is 2. The monoisotopic (exact) mass is 323 g/mol. The van der Waals surface area contributed by atoms with E-state index in [1.54, 1.807) is 0 Å². The summed E-state index contributed by atoms with van der Waals surface area (Å²) in [5, 5.41) is 0. The van der Waals surface area contributed by atoms with Crippen LogP contribution in [0, 0.1) is 0 Å². The molecule has 19 heavy (non-hydrogen) atoms. The number of hydrogen-bond acceptors (Lipinski definition) is 4. The van der Waals surface area contributed by atoms with Crippen LogP contribution in [0.1, 0.15) is 11.3 Å². The maximum Gasteiger partial charge on any atom is 0.231 e. The first-order valence-corrected chi connectivity index (χ1v) is 6.79. The molecular formula is C13H14BrN3O2. The number of ether oxygens (including phenoxy) is 2. The predicted octanol–water partition coefficient (Wildman–Crippen LogP) is 2.28. The quantitative estimate of drug-likeness (QED) is 0.941. The number of aromatic nitrogens is 2. The topological polar surface area (TPSA) is 62.3 Å². The lowest BCUT2D eigenvalue weighted by Gasteiger charge is -2.02. The number of nitrogen functional groups attached to an aromatic ring is 1. The highest BCUT2D eigenvalue weighted by atomic mass is 79.9. The molecule has 0 amide bonds. The van der Waals surface area contributed by atoms with Gasteiger partial charge in [0.15, 0.2) is 11.5 Å². The smallest absolute Gasteiger partial charge is 0.231 e. The van der Waals surface area contributed by atoms with Crippen molar-refractivity contribution in [3.05, 3.63) is 34.1 Å². The molecule has 0 aliphatic carbocycles. The van der Waals surface area contributed by atoms with Gasteiger partial charge in [-0.15, -0.1) is 0 Å². The van der Waals surface area contributed by atoms with Gasteiger partial charge in [-0.3, -0.25) is 0 Å². The van der Waals surface area contributed by atoms with Crippen molar-refractivity contribution in [3.63, 3.8) is 0 Å². The van der Waals surface area contributed by atoms with E-state index in [4.69, 9.17) is 15.2 Å². The average molecular weight is 324 g/mol. The Bertz CT molecular complexity index is 625. The van der Waals surface area contributed by atoms with Crippen molar-refractivity contribution >= 4 is 21.9 Å². The zero-order chi connectivity index (χ0) is 13.4. The minimum atomic E-state index is 0.307. The summed E-state index contributed by atoms with van der Waals surface area (Å²) in [5.41, 5.74) is 7.93. The number of anilines is 1. The summed E-state index contributed by atoms with van der Waals surface area (Å²) in [4.78, 5) is 4.34. The van der Waals surface area contributed by atoms with Gasteiger partial charge in [0.2, 0.25) is 12.7 Å². The molecule has 0 unspecified atom stereocenters. The summed E-state index contributed by atoms with van der Waals surface area (Å²) < 4.78 is 13.4. The van der Waals surface area contributed by atoms with E-state index in [2.05, 4.69) is 20.9 Å². The van der Waals surface area contributed by atoms with Gasteiger partial charge in [0.05, 0.1) is 5.69 Å². The molecule has 0 radical (unpaired) electrons. The molecule has 6 heteroatoms. The first-order valence-electron chi connectivity index (χ1n) is 6.00. The fourth-order valence-electron chi connectivity index (χ4n) is 2.07. The Morgan fingerprint density at radius 3 is 2.84 bits per heavy atom. The number of rotatable bonds is 3. The molecule has 0 saturated carbocycles. The van der Waals surface area contributed by atoms with Gasteiger partial charge in [-0.2, -0.15) is 0 Å². The van der Waals surface area contributed by atoms with Gasteiger partial charge in [0, 0.05) is 7.05 Å². The van der Waals surface area contributed by atoms with Gasteiger partial charge in [0.25, 0.3) is 0 Å². The van der Waals surface area contributed by atoms with E-state index in [9.17, 15) is 0 Å². The second-order valence-corrected chi connectivity index (χ2v) is 5.21. The Morgan fingerprint density at radius 2 is 2.11 bits per heavy atom. The maximum absolute atomic E-state index is 5.77. The lowest BCUT2D eigenvalue weighted by Crippen LogP contribution is -1.96. The molecule has 1 aromatic carbocycles. The van der Waals surface area contributed by atoms with Gasteiger partial charge >= 0.3 is 0 Å². The number of aryl methyl sites for hydroxylation is 2. The molecule has 0 atom stereocenters. The lowest BCUT2D eigenvalue weighted by molar-refractivity contribution is 0.174. The number of halogens is 1. The third-order valence-electron chi connectivity index (χ3n) is 3.21. The molecule has 100 valence electrons. The van der Waals surface area contributed by atoms with Gasteiger partial charge in [-0.05, 0) is 46.5 Å². The highest BCUT2D eigenvalue weighted by molar-refractivity contribution is 9.10. The zero-order valence-corrected chi connectivity index (χ0v) is 12.1. The molecule has 0 spiro atoms. The van der Waals surface area contributed by atoms with Crippen LogP contribution in [-0.4, -0.2) is 16.3 Å². The SMILES string of the molecule is Cn1c(N)nc(CCc2ccc3c(c2)OCO3)c1Br. The number of benzene rings is 1. The van der Waals surface area contributed by atoms with Crippen molar-refractivity contribution in [1.82, 2.24) is 9.55 Å². The number of nitrogens with two attached hydrogens (primary N) is 1. The largest absolute Gasteiger partial charge is 0.454 e. The maximum atomic E-state index is 5.77. The van der Waals surface area contributed by atoms with Crippen molar-refractivity contribution in [2.45, 2.75) is 12.8 Å². The van der Waals surface area contributed by atoms with Gasteiger partial charge in [-0.25, -0.2) is 4.98 Å². The lowest BCUT2D eigenvalue weighted by atomic mass is 10.1. The van der Waals surface area contributed by atoms with Crippen LogP contribution in [0.25, 0.3) is 0 Å². The van der Waals surface area contributed by atoms with Gasteiger partial charge < -0.3 is 19.8 Å². The Hall–Kier alpha value is -1.69. The summed E-state index contributed by atoms with van der Waals surface area (Å²) in [6.45, 7) is 0.307. The van der Waals surface area contributed by atoms with Crippen LogP contribution in [0.15, 0.2) is 22.8 Å². The van der Waals surface area contributed by atoms with Crippen LogP contribution in [-0.2, 0) is 19.9 Å². The standard InChI is InChI=1S/C13H14BrN3O2/c1-17-12(14)9(16-13(17)15)4-2-8-3-5-10-11(6-8)19-7-18-10/h3,5-6H,2,4,7H2,1H3,(H2,15,16). The minimum absolute atomic E-state index is 0.307. The van der Waals surface area contributed by atoms with Crippen LogP contribution in [0.5, 0.6) is 11.5 Å². The Kier molecular flexibility index (Phi) is 3.10. The Morgan fingerprint density at radius 1 is 1.32 bits per heavy atom. The van der Waals surface area contributed by atoms with E-state index in [-0.39, 0.29) is 0 Å². The van der Waals surface area contributed by atoms with Crippen molar-refractivity contribution in [2.75, 3.05) is 12.5 Å². The number of fused-ring (bicyclic) bond motifs is 1. The molecule has 2 aromatic rings. The van der Waals surface area contributed by atoms with Gasteiger partial charge in [-0.1, -0.05) is 6.07 Å².